The molecule has 0 unspecified atom stereocenters. The molecule has 1 aliphatic rings. The average Bonchev–Trinajstić information content (AvgIpc) is 3.42. The number of hydrogen-bond donors (Lipinski definition) is 3. The first-order valence-corrected chi connectivity index (χ1v) is 13.8. The fraction of sp³-hybridized carbons (Fsp3) is 0.739. The van der Waals surface area contributed by atoms with Gasteiger partial charge in [0, 0.05) is 18.6 Å². The third-order valence-electron chi connectivity index (χ3n) is 6.68. The van der Waals surface area contributed by atoms with Crippen LogP contribution in [0, 0.1) is 22.0 Å². The summed E-state index contributed by atoms with van der Waals surface area (Å²) < 4.78 is 0. The Morgan fingerprint density at radius 2 is 2.05 bits per heavy atom. The minimum atomic E-state index is -0.938. The Labute approximate surface area is 225 Å². The number of nitro groups is 1. The molecule has 1 heterocycles. The summed E-state index contributed by atoms with van der Waals surface area (Å²) in [6, 6.07) is -1.65. The predicted molar refractivity (Wildman–Crippen MR) is 139 cm³/mol. The van der Waals surface area contributed by atoms with E-state index in [0.717, 1.165) is 32.1 Å². The first kappa shape index (κ1) is 31.0. The Morgan fingerprint density at radius 3 is 2.66 bits per heavy atom. The van der Waals surface area contributed by atoms with Crippen molar-refractivity contribution in [3.63, 3.8) is 0 Å². The second kappa shape index (κ2) is 16.6. The van der Waals surface area contributed by atoms with Crippen LogP contribution in [0.2, 0.25) is 0 Å². The molecular formula is C23H38N8O6S. The number of anilines is 1. The number of carbonyl (C=O) groups excluding carboxylic acids is 3. The molecule has 1 aliphatic carbocycles. The van der Waals surface area contributed by atoms with Crippen molar-refractivity contribution in [2.75, 3.05) is 18.9 Å². The standard InChI is InChI=1S/C23H38N8O6S/c1-3-8-20(30(35)16-32)18(15-17-9-5-4-6-10-17)21(33)25-19(22(34)26-23-24-12-14-38-23)11-7-13-29(2)27-28-31(36)37/h12,14,16-20,35H,3-11,13,15H2,1-2H3,(H,25,33)(H,24,26,34)/t18-,19+,20+/m1/s1. The summed E-state index contributed by atoms with van der Waals surface area (Å²) in [5.74, 6) is -1.26. The smallest absolute Gasteiger partial charge is 0.248 e. The van der Waals surface area contributed by atoms with Gasteiger partial charge in [0.25, 0.3) is 0 Å². The SMILES string of the molecule is CCC[C@@H]([C@@H](CC1CCCCC1)C(=O)N[C@@H](CCCN(C)N=N[N+](=O)[O-])C(=O)Nc1nccs1)N(O)C=O. The highest BCUT2D eigenvalue weighted by molar-refractivity contribution is 7.13. The zero-order valence-corrected chi connectivity index (χ0v) is 22.7. The minimum Gasteiger partial charge on any atom is -0.344 e. The summed E-state index contributed by atoms with van der Waals surface area (Å²) in [5, 5.41) is 35.6. The van der Waals surface area contributed by atoms with Crippen molar-refractivity contribution in [3.8, 4) is 0 Å². The molecule has 2 rings (SSSR count). The average molecular weight is 555 g/mol. The van der Waals surface area contributed by atoms with Gasteiger partial charge in [-0.1, -0.05) is 45.4 Å². The van der Waals surface area contributed by atoms with Crippen LogP contribution >= 0.6 is 11.3 Å². The molecule has 1 aromatic rings. The quantitative estimate of drug-likeness (QED) is 0.0860. The van der Waals surface area contributed by atoms with E-state index < -0.39 is 34.8 Å². The van der Waals surface area contributed by atoms with Crippen LogP contribution in [-0.4, -0.2) is 69.2 Å². The maximum atomic E-state index is 13.7. The van der Waals surface area contributed by atoms with E-state index in [1.54, 1.807) is 11.6 Å². The molecule has 212 valence electrons. The van der Waals surface area contributed by atoms with Gasteiger partial charge in [0.05, 0.1) is 23.5 Å². The molecule has 3 amide bonds. The lowest BCUT2D eigenvalue weighted by Crippen LogP contribution is -2.51. The summed E-state index contributed by atoms with van der Waals surface area (Å²) in [7, 11) is 1.51. The highest BCUT2D eigenvalue weighted by Gasteiger charge is 2.36. The fourth-order valence-corrected chi connectivity index (χ4v) is 5.34. The highest BCUT2D eigenvalue weighted by Crippen LogP contribution is 2.32. The molecule has 1 saturated carbocycles. The number of rotatable bonds is 17. The number of thiazole rings is 1. The molecule has 38 heavy (non-hydrogen) atoms. The van der Waals surface area contributed by atoms with E-state index in [1.165, 1.54) is 23.4 Å². The molecular weight excluding hydrogens is 516 g/mol. The van der Waals surface area contributed by atoms with Crippen LogP contribution in [0.4, 0.5) is 5.13 Å². The van der Waals surface area contributed by atoms with Gasteiger partial charge >= 0.3 is 0 Å². The minimum absolute atomic E-state index is 0.215. The van der Waals surface area contributed by atoms with Gasteiger partial charge in [-0.25, -0.2) is 10.0 Å². The van der Waals surface area contributed by atoms with Crippen molar-refractivity contribution in [2.45, 2.75) is 83.2 Å². The zero-order valence-electron chi connectivity index (χ0n) is 21.9. The molecule has 14 nitrogen and oxygen atoms in total. The molecule has 0 aromatic carbocycles. The third kappa shape index (κ3) is 10.7. The normalized spacial score (nSPS) is 16.4. The Hall–Kier alpha value is -3.20. The fourth-order valence-electron chi connectivity index (χ4n) is 4.81. The van der Waals surface area contributed by atoms with Gasteiger partial charge < -0.3 is 20.7 Å². The second-order valence-electron chi connectivity index (χ2n) is 9.52. The number of nitrogens with zero attached hydrogens (tertiary/aromatic N) is 6. The molecule has 0 spiro atoms. The highest BCUT2D eigenvalue weighted by atomic mass is 32.1. The number of hydroxylamine groups is 2. The van der Waals surface area contributed by atoms with Gasteiger partial charge in [0.1, 0.15) is 6.04 Å². The lowest BCUT2D eigenvalue weighted by molar-refractivity contribution is -0.496. The van der Waals surface area contributed by atoms with E-state index >= 15 is 0 Å². The van der Waals surface area contributed by atoms with E-state index in [9.17, 15) is 29.7 Å². The first-order chi connectivity index (χ1) is 18.2. The molecule has 0 radical (unpaired) electrons. The maximum Gasteiger partial charge on any atom is 0.248 e. The summed E-state index contributed by atoms with van der Waals surface area (Å²) in [5.41, 5.74) is 0. The van der Waals surface area contributed by atoms with Crippen LogP contribution in [0.3, 0.4) is 0 Å². The third-order valence-corrected chi connectivity index (χ3v) is 7.37. The first-order valence-electron chi connectivity index (χ1n) is 12.9. The number of amides is 3. The lowest BCUT2D eigenvalue weighted by atomic mass is 9.79. The van der Waals surface area contributed by atoms with Crippen molar-refractivity contribution in [1.29, 1.82) is 0 Å². The number of carbonyl (C=O) groups is 3. The summed E-state index contributed by atoms with van der Waals surface area (Å²) in [6.07, 6.45) is 9.32. The van der Waals surface area contributed by atoms with Gasteiger partial charge in [-0.2, -0.15) is 5.01 Å². The van der Waals surface area contributed by atoms with E-state index in [-0.39, 0.29) is 13.0 Å². The van der Waals surface area contributed by atoms with Gasteiger partial charge in [-0.05, 0) is 31.6 Å². The van der Waals surface area contributed by atoms with Gasteiger partial charge in [-0.15, -0.1) is 11.3 Å². The van der Waals surface area contributed by atoms with Gasteiger partial charge in [0.2, 0.25) is 23.4 Å². The van der Waals surface area contributed by atoms with Gasteiger partial charge in [-0.3, -0.25) is 19.6 Å². The van der Waals surface area contributed by atoms with Crippen LogP contribution in [-0.2, 0) is 14.4 Å². The predicted octanol–water partition coefficient (Wildman–Crippen LogP) is 3.44. The van der Waals surface area contributed by atoms with E-state index in [2.05, 4.69) is 26.1 Å². The van der Waals surface area contributed by atoms with Crippen molar-refractivity contribution in [3.05, 3.63) is 21.7 Å². The zero-order chi connectivity index (χ0) is 27.9. The number of aromatic nitrogens is 1. The molecule has 1 fully saturated rings. The Morgan fingerprint density at radius 1 is 1.32 bits per heavy atom. The molecule has 1 aromatic heterocycles. The lowest BCUT2D eigenvalue weighted by Gasteiger charge is -2.34. The summed E-state index contributed by atoms with van der Waals surface area (Å²) in [4.78, 5) is 52.7. The molecule has 0 bridgehead atoms. The Kier molecular flexibility index (Phi) is 13.6. The van der Waals surface area contributed by atoms with Crippen LogP contribution in [0.25, 0.3) is 0 Å². The largest absolute Gasteiger partial charge is 0.344 e. The Balaban J connectivity index is 2.19. The molecule has 0 saturated heterocycles. The van der Waals surface area contributed by atoms with Crippen LogP contribution in [0.1, 0.15) is 71.1 Å². The maximum absolute atomic E-state index is 13.7. The van der Waals surface area contributed by atoms with E-state index in [0.29, 0.717) is 48.2 Å². The molecule has 3 N–H and O–H groups in total. The molecule has 0 aliphatic heterocycles. The van der Waals surface area contributed by atoms with Crippen LogP contribution in [0.15, 0.2) is 22.0 Å². The van der Waals surface area contributed by atoms with Crippen molar-refractivity contribution >= 4 is 34.7 Å². The number of nitrogens with one attached hydrogen (secondary N) is 2. The second-order valence-corrected chi connectivity index (χ2v) is 10.4. The van der Waals surface area contributed by atoms with Crippen LogP contribution in [0.5, 0.6) is 0 Å². The molecule has 3 atom stereocenters. The van der Waals surface area contributed by atoms with Crippen molar-refractivity contribution in [2.24, 2.45) is 22.3 Å². The van der Waals surface area contributed by atoms with Crippen LogP contribution < -0.4 is 10.6 Å². The van der Waals surface area contributed by atoms with E-state index in [1.807, 2.05) is 6.92 Å². The van der Waals surface area contributed by atoms with Crippen molar-refractivity contribution < 1.29 is 24.6 Å². The topological polar surface area (TPSA) is 183 Å². The van der Waals surface area contributed by atoms with E-state index in [4.69, 9.17) is 0 Å². The summed E-state index contributed by atoms with van der Waals surface area (Å²) >= 11 is 1.24. The number of hydrogen-bond acceptors (Lipinski definition) is 9. The molecule has 15 heteroatoms. The summed E-state index contributed by atoms with van der Waals surface area (Å²) in [6.45, 7) is 2.17. The van der Waals surface area contributed by atoms with Gasteiger partial charge in [0.15, 0.2) is 10.4 Å². The Bertz CT molecular complexity index is 912. The van der Waals surface area contributed by atoms with Crippen molar-refractivity contribution in [1.82, 2.24) is 20.4 Å². The monoisotopic (exact) mass is 554 g/mol.